The lowest BCUT2D eigenvalue weighted by molar-refractivity contribution is 0.0686. The second-order valence-corrected chi connectivity index (χ2v) is 5.82. The first kappa shape index (κ1) is 16.5. The van der Waals surface area contributed by atoms with Crippen molar-refractivity contribution in [2.24, 2.45) is 0 Å². The molecule has 1 aliphatic rings. The first-order chi connectivity index (χ1) is 11.5. The number of halogens is 3. The molecule has 0 saturated heterocycles. The van der Waals surface area contributed by atoms with Crippen molar-refractivity contribution in [1.29, 1.82) is 0 Å². The fraction of sp³-hybridized carbons (Fsp3) is 0.235. The number of ether oxygens (including phenoxy) is 1. The number of carbonyl (C=O) groups is 1. The fourth-order valence-electron chi connectivity index (χ4n) is 2.69. The fourth-order valence-corrected chi connectivity index (χ4v) is 2.89. The summed E-state index contributed by atoms with van der Waals surface area (Å²) >= 11 is 5.83. The molecule has 0 bridgehead atoms. The number of nitrogens with zero attached hydrogens (tertiary/aromatic N) is 1. The normalized spacial score (nSPS) is 13.4. The first-order valence-electron chi connectivity index (χ1n) is 7.35. The molecule has 4 nitrogen and oxygen atoms in total. The van der Waals surface area contributed by atoms with Crippen molar-refractivity contribution in [1.82, 2.24) is 0 Å². The van der Waals surface area contributed by atoms with Crippen LogP contribution in [0.4, 0.5) is 14.5 Å². The Bertz CT molecular complexity index is 780. The zero-order valence-electron chi connectivity index (χ0n) is 12.6. The van der Waals surface area contributed by atoms with Gasteiger partial charge in [0.25, 0.3) is 0 Å². The summed E-state index contributed by atoms with van der Waals surface area (Å²) < 4.78 is 32.3. The average Bonchev–Trinajstić information content (AvgIpc) is 2.55. The van der Waals surface area contributed by atoms with Crippen LogP contribution in [0.25, 0.3) is 0 Å². The molecule has 3 rings (SSSR count). The van der Waals surface area contributed by atoms with E-state index < -0.39 is 17.3 Å². The highest BCUT2D eigenvalue weighted by atomic mass is 35.5. The van der Waals surface area contributed by atoms with E-state index in [1.807, 2.05) is 4.90 Å². The van der Waals surface area contributed by atoms with Crippen LogP contribution in [0, 0.1) is 11.6 Å². The zero-order valence-corrected chi connectivity index (χ0v) is 13.3. The minimum Gasteiger partial charge on any atom is -0.489 e. The standard InChI is InChI=1S/C17H14ClF2NO3/c18-12-9-13-16(14(15(12)20)17(22)23)24-8-7-21(13)6-5-10-1-3-11(19)4-2-10/h1-4,9H,5-8H2,(H,22,23). The van der Waals surface area contributed by atoms with E-state index in [4.69, 9.17) is 16.3 Å². The molecule has 0 spiro atoms. The van der Waals surface area contributed by atoms with Gasteiger partial charge in [-0.25, -0.2) is 13.6 Å². The quantitative estimate of drug-likeness (QED) is 0.909. The van der Waals surface area contributed by atoms with Gasteiger partial charge in [-0.15, -0.1) is 0 Å². The number of benzene rings is 2. The molecular formula is C17H14ClF2NO3. The van der Waals surface area contributed by atoms with E-state index in [1.54, 1.807) is 12.1 Å². The van der Waals surface area contributed by atoms with Crippen LogP contribution in [-0.2, 0) is 6.42 Å². The molecule has 2 aromatic rings. The van der Waals surface area contributed by atoms with E-state index in [9.17, 15) is 18.7 Å². The maximum absolute atomic E-state index is 14.0. The van der Waals surface area contributed by atoms with Crippen molar-refractivity contribution in [3.05, 3.63) is 58.1 Å². The molecule has 2 aromatic carbocycles. The Morgan fingerprint density at radius 1 is 1.29 bits per heavy atom. The second kappa shape index (κ2) is 6.65. The zero-order chi connectivity index (χ0) is 17.3. The summed E-state index contributed by atoms with van der Waals surface area (Å²) in [6, 6.07) is 7.53. The van der Waals surface area contributed by atoms with Gasteiger partial charge in [-0.1, -0.05) is 23.7 Å². The summed E-state index contributed by atoms with van der Waals surface area (Å²) in [4.78, 5) is 13.2. The van der Waals surface area contributed by atoms with Gasteiger partial charge in [0.1, 0.15) is 18.0 Å². The molecule has 1 heterocycles. The smallest absolute Gasteiger partial charge is 0.342 e. The Morgan fingerprint density at radius 3 is 2.67 bits per heavy atom. The van der Waals surface area contributed by atoms with Crippen LogP contribution in [0.2, 0.25) is 5.02 Å². The topological polar surface area (TPSA) is 49.8 Å². The molecule has 7 heteroatoms. The van der Waals surface area contributed by atoms with Crippen LogP contribution >= 0.6 is 11.6 Å². The number of fused-ring (bicyclic) bond motifs is 1. The third-order valence-corrected chi connectivity index (χ3v) is 4.17. The summed E-state index contributed by atoms with van der Waals surface area (Å²) in [6.07, 6.45) is 0.622. The third kappa shape index (κ3) is 3.14. The number of hydrogen-bond acceptors (Lipinski definition) is 3. The van der Waals surface area contributed by atoms with Crippen LogP contribution in [-0.4, -0.2) is 30.8 Å². The molecule has 126 valence electrons. The summed E-state index contributed by atoms with van der Waals surface area (Å²) in [5, 5.41) is 8.97. The van der Waals surface area contributed by atoms with Gasteiger partial charge in [-0.3, -0.25) is 0 Å². The molecule has 0 saturated carbocycles. The van der Waals surface area contributed by atoms with Crippen molar-refractivity contribution in [3.63, 3.8) is 0 Å². The summed E-state index contributed by atoms with van der Waals surface area (Å²) in [6.45, 7) is 1.32. The molecule has 0 fully saturated rings. The highest BCUT2D eigenvalue weighted by Gasteiger charge is 2.29. The van der Waals surface area contributed by atoms with E-state index in [-0.39, 0.29) is 23.2 Å². The van der Waals surface area contributed by atoms with Crippen molar-refractivity contribution >= 4 is 23.3 Å². The van der Waals surface area contributed by atoms with Gasteiger partial charge >= 0.3 is 5.97 Å². The van der Waals surface area contributed by atoms with Crippen molar-refractivity contribution in [2.45, 2.75) is 6.42 Å². The van der Waals surface area contributed by atoms with Crippen LogP contribution in [0.5, 0.6) is 5.75 Å². The molecule has 0 atom stereocenters. The van der Waals surface area contributed by atoms with Crippen LogP contribution < -0.4 is 9.64 Å². The van der Waals surface area contributed by atoms with Gasteiger partial charge in [-0.2, -0.15) is 0 Å². The SMILES string of the molecule is O=C(O)c1c(F)c(Cl)cc2c1OCCN2CCc1ccc(F)cc1. The van der Waals surface area contributed by atoms with Gasteiger partial charge < -0.3 is 14.7 Å². The van der Waals surface area contributed by atoms with E-state index in [0.29, 0.717) is 25.2 Å². The maximum Gasteiger partial charge on any atom is 0.342 e. The molecule has 0 radical (unpaired) electrons. The number of anilines is 1. The lowest BCUT2D eigenvalue weighted by Crippen LogP contribution is -2.35. The maximum atomic E-state index is 14.0. The largest absolute Gasteiger partial charge is 0.489 e. The predicted molar refractivity (Wildman–Crippen MR) is 86.2 cm³/mol. The van der Waals surface area contributed by atoms with E-state index in [2.05, 4.69) is 0 Å². The highest BCUT2D eigenvalue weighted by molar-refractivity contribution is 6.31. The molecule has 0 aliphatic carbocycles. The highest BCUT2D eigenvalue weighted by Crippen LogP contribution is 2.40. The number of carboxylic acids is 1. The Labute approximate surface area is 142 Å². The molecule has 24 heavy (non-hydrogen) atoms. The van der Waals surface area contributed by atoms with Crippen molar-refractivity contribution in [3.8, 4) is 5.75 Å². The molecule has 0 aromatic heterocycles. The van der Waals surface area contributed by atoms with E-state index in [0.717, 1.165) is 5.56 Å². The van der Waals surface area contributed by atoms with Crippen LogP contribution in [0.1, 0.15) is 15.9 Å². The summed E-state index contributed by atoms with van der Waals surface area (Å²) in [5.74, 6) is -2.73. The van der Waals surface area contributed by atoms with Gasteiger partial charge in [0.2, 0.25) is 0 Å². The molecule has 0 unspecified atom stereocenters. The summed E-state index contributed by atoms with van der Waals surface area (Å²) in [5.41, 5.74) is 0.840. The van der Waals surface area contributed by atoms with Crippen molar-refractivity contribution < 1.29 is 23.4 Å². The Balaban J connectivity index is 1.88. The Kier molecular flexibility index (Phi) is 4.57. The van der Waals surface area contributed by atoms with Gasteiger partial charge in [0.05, 0.1) is 17.3 Å². The van der Waals surface area contributed by atoms with E-state index in [1.165, 1.54) is 18.2 Å². The summed E-state index contributed by atoms with van der Waals surface area (Å²) in [7, 11) is 0. The minimum absolute atomic E-state index is 0.00486. The monoisotopic (exact) mass is 353 g/mol. The van der Waals surface area contributed by atoms with Crippen molar-refractivity contribution in [2.75, 3.05) is 24.6 Å². The van der Waals surface area contributed by atoms with Gasteiger partial charge in [-0.05, 0) is 30.2 Å². The number of aromatic carboxylic acids is 1. The minimum atomic E-state index is -1.42. The first-order valence-corrected chi connectivity index (χ1v) is 7.72. The Hall–Kier alpha value is -2.34. The third-order valence-electron chi connectivity index (χ3n) is 3.90. The van der Waals surface area contributed by atoms with Gasteiger partial charge in [0.15, 0.2) is 11.6 Å². The molecule has 0 amide bonds. The van der Waals surface area contributed by atoms with Crippen LogP contribution in [0.3, 0.4) is 0 Å². The Morgan fingerprint density at radius 2 is 2.00 bits per heavy atom. The number of rotatable bonds is 4. The lowest BCUT2D eigenvalue weighted by Gasteiger charge is -2.32. The number of hydrogen-bond donors (Lipinski definition) is 1. The van der Waals surface area contributed by atoms with Gasteiger partial charge in [0, 0.05) is 6.54 Å². The average molecular weight is 354 g/mol. The van der Waals surface area contributed by atoms with E-state index >= 15 is 0 Å². The van der Waals surface area contributed by atoms with Crippen LogP contribution in [0.15, 0.2) is 30.3 Å². The lowest BCUT2D eigenvalue weighted by atomic mass is 10.1. The molecule has 1 N–H and O–H groups in total. The molecular weight excluding hydrogens is 340 g/mol. The second-order valence-electron chi connectivity index (χ2n) is 5.41. The molecule has 1 aliphatic heterocycles. The number of carboxylic acid groups (broad SMARTS) is 1. The predicted octanol–water partition coefficient (Wildman–Crippen LogP) is 3.76.